The van der Waals surface area contributed by atoms with E-state index in [0.29, 0.717) is 73.7 Å². The minimum Gasteiger partial charge on any atom is -0.493 e. The largest absolute Gasteiger partial charge is 0.493 e. The van der Waals surface area contributed by atoms with Crippen LogP contribution in [0.25, 0.3) is 0 Å². The fourth-order valence-electron chi connectivity index (χ4n) is 4.03. The van der Waals surface area contributed by atoms with Crippen LogP contribution in [0, 0.1) is 5.92 Å². The van der Waals surface area contributed by atoms with E-state index < -0.39 is 5.60 Å². The number of β-amino-alcohol motifs (C(OH)–C–C–N with tert-alkyl or cyclic N) is 1. The van der Waals surface area contributed by atoms with Crippen LogP contribution in [0.1, 0.15) is 43.0 Å². The standard InChI is InChI=1S/C21H32ClN3O4/c1-2-29-19-12-18(23)17(22)11-16(19)20(26)24-13-15-3-7-25(8-4-15)14-21(27)5-9-28-10-6-21/h11-12,15,27H,2-10,13-14,23H2,1H3,(H,24,26). The van der Waals surface area contributed by atoms with E-state index in [-0.39, 0.29) is 5.91 Å². The first-order valence-electron chi connectivity index (χ1n) is 10.4. The molecule has 162 valence electrons. The summed E-state index contributed by atoms with van der Waals surface area (Å²) in [4.78, 5) is 15.0. The lowest BCUT2D eigenvalue weighted by Crippen LogP contribution is -2.49. The molecule has 7 nitrogen and oxygen atoms in total. The van der Waals surface area contributed by atoms with Crippen molar-refractivity contribution >= 4 is 23.2 Å². The van der Waals surface area contributed by atoms with Gasteiger partial charge in [-0.1, -0.05) is 11.6 Å². The SMILES string of the molecule is CCOc1cc(N)c(Cl)cc1C(=O)NCC1CCN(CC2(O)CCOCC2)CC1. The van der Waals surface area contributed by atoms with Crippen molar-refractivity contribution in [3.8, 4) is 5.75 Å². The van der Waals surface area contributed by atoms with Gasteiger partial charge in [0, 0.05) is 45.2 Å². The first-order valence-corrected chi connectivity index (χ1v) is 10.8. The predicted octanol–water partition coefficient (Wildman–Crippen LogP) is 2.30. The summed E-state index contributed by atoms with van der Waals surface area (Å²) in [5.74, 6) is 0.667. The number of hydrogen-bond acceptors (Lipinski definition) is 6. The number of piperidine rings is 1. The summed E-state index contributed by atoms with van der Waals surface area (Å²) >= 11 is 6.09. The van der Waals surface area contributed by atoms with Gasteiger partial charge in [0.05, 0.1) is 28.5 Å². The zero-order valence-corrected chi connectivity index (χ0v) is 17.8. The summed E-state index contributed by atoms with van der Waals surface area (Å²) < 4.78 is 10.9. The summed E-state index contributed by atoms with van der Waals surface area (Å²) in [5, 5.41) is 14.1. The molecule has 0 atom stereocenters. The lowest BCUT2D eigenvalue weighted by atomic mass is 9.91. The third-order valence-corrected chi connectivity index (χ3v) is 6.17. The number of aliphatic hydroxyl groups is 1. The summed E-state index contributed by atoms with van der Waals surface area (Å²) in [6, 6.07) is 3.16. The molecule has 0 radical (unpaired) electrons. The van der Waals surface area contributed by atoms with E-state index in [9.17, 15) is 9.90 Å². The Labute approximate surface area is 177 Å². The van der Waals surface area contributed by atoms with Crippen molar-refractivity contribution in [1.29, 1.82) is 0 Å². The number of nitrogens with one attached hydrogen (secondary N) is 1. The van der Waals surface area contributed by atoms with Gasteiger partial charge in [-0.15, -0.1) is 0 Å². The van der Waals surface area contributed by atoms with Crippen LogP contribution in [-0.4, -0.2) is 67.5 Å². The van der Waals surface area contributed by atoms with Gasteiger partial charge in [-0.2, -0.15) is 0 Å². The number of nitrogens with zero attached hydrogens (tertiary/aromatic N) is 1. The maximum atomic E-state index is 12.7. The van der Waals surface area contributed by atoms with Gasteiger partial charge in [-0.3, -0.25) is 4.79 Å². The fraction of sp³-hybridized carbons (Fsp3) is 0.667. The van der Waals surface area contributed by atoms with Crippen molar-refractivity contribution in [2.75, 3.05) is 51.7 Å². The van der Waals surface area contributed by atoms with E-state index in [1.165, 1.54) is 0 Å². The zero-order valence-electron chi connectivity index (χ0n) is 17.1. The van der Waals surface area contributed by atoms with Crippen molar-refractivity contribution in [2.45, 2.75) is 38.2 Å². The molecule has 2 saturated heterocycles. The van der Waals surface area contributed by atoms with Crippen molar-refractivity contribution in [2.24, 2.45) is 5.92 Å². The van der Waals surface area contributed by atoms with Crippen LogP contribution in [0.2, 0.25) is 5.02 Å². The van der Waals surface area contributed by atoms with Gasteiger partial charge in [-0.05, 0) is 44.8 Å². The number of ether oxygens (including phenoxy) is 2. The van der Waals surface area contributed by atoms with Gasteiger partial charge < -0.3 is 30.5 Å². The normalized spacial score (nSPS) is 20.4. The van der Waals surface area contributed by atoms with Gasteiger partial charge in [0.15, 0.2) is 0 Å². The number of carbonyl (C=O) groups excluding carboxylic acids is 1. The molecule has 0 aliphatic carbocycles. The molecule has 2 aliphatic heterocycles. The molecule has 0 spiro atoms. The highest BCUT2D eigenvalue weighted by atomic mass is 35.5. The highest BCUT2D eigenvalue weighted by Crippen LogP contribution is 2.29. The fourth-order valence-corrected chi connectivity index (χ4v) is 4.19. The molecular formula is C21H32ClN3O4. The van der Waals surface area contributed by atoms with Crippen LogP contribution in [0.5, 0.6) is 5.75 Å². The third-order valence-electron chi connectivity index (χ3n) is 5.84. The Morgan fingerprint density at radius 3 is 2.72 bits per heavy atom. The maximum absolute atomic E-state index is 12.7. The number of anilines is 1. The number of nitrogens with two attached hydrogens (primary N) is 1. The quantitative estimate of drug-likeness (QED) is 0.580. The third kappa shape index (κ3) is 5.98. The van der Waals surface area contributed by atoms with Gasteiger partial charge in [0.25, 0.3) is 5.91 Å². The summed E-state index contributed by atoms with van der Waals surface area (Å²) in [6.45, 7) is 6.75. The Balaban J connectivity index is 1.48. The molecule has 2 heterocycles. The number of halogens is 1. The van der Waals surface area contributed by atoms with Gasteiger partial charge in [0.1, 0.15) is 5.75 Å². The zero-order chi connectivity index (χ0) is 20.9. The van der Waals surface area contributed by atoms with Crippen LogP contribution < -0.4 is 15.8 Å². The minimum atomic E-state index is -0.622. The monoisotopic (exact) mass is 425 g/mol. The molecule has 29 heavy (non-hydrogen) atoms. The van der Waals surface area contributed by atoms with Crippen LogP contribution in [0.15, 0.2) is 12.1 Å². The molecule has 0 unspecified atom stereocenters. The van der Waals surface area contributed by atoms with Crippen LogP contribution in [0.4, 0.5) is 5.69 Å². The molecule has 8 heteroatoms. The molecule has 0 saturated carbocycles. The number of likely N-dealkylation sites (tertiary alicyclic amines) is 1. The van der Waals surface area contributed by atoms with Gasteiger partial charge in [0.2, 0.25) is 0 Å². The number of rotatable bonds is 7. The lowest BCUT2D eigenvalue weighted by Gasteiger charge is -2.39. The Hall–Kier alpha value is -1.54. The second-order valence-electron chi connectivity index (χ2n) is 8.07. The average Bonchev–Trinajstić information content (AvgIpc) is 2.70. The van der Waals surface area contributed by atoms with E-state index >= 15 is 0 Å². The lowest BCUT2D eigenvalue weighted by molar-refractivity contribution is -0.0829. The summed E-state index contributed by atoms with van der Waals surface area (Å²) in [5.41, 5.74) is 6.01. The van der Waals surface area contributed by atoms with Crippen LogP contribution in [0.3, 0.4) is 0 Å². The van der Waals surface area contributed by atoms with Crippen molar-refractivity contribution in [1.82, 2.24) is 10.2 Å². The molecule has 0 aromatic heterocycles. The maximum Gasteiger partial charge on any atom is 0.255 e. The van der Waals surface area contributed by atoms with E-state index in [0.717, 1.165) is 25.9 Å². The molecule has 2 aliphatic rings. The molecule has 2 fully saturated rings. The average molecular weight is 426 g/mol. The highest BCUT2D eigenvalue weighted by molar-refractivity contribution is 6.33. The molecule has 1 aromatic rings. The molecule has 3 rings (SSSR count). The summed E-state index contributed by atoms with van der Waals surface area (Å²) in [7, 11) is 0. The van der Waals surface area contributed by atoms with Crippen molar-refractivity contribution < 1.29 is 19.4 Å². The Bertz CT molecular complexity index is 701. The Morgan fingerprint density at radius 1 is 1.38 bits per heavy atom. The second-order valence-corrected chi connectivity index (χ2v) is 8.48. The number of benzene rings is 1. The van der Waals surface area contributed by atoms with Crippen molar-refractivity contribution in [3.05, 3.63) is 22.7 Å². The number of carbonyl (C=O) groups is 1. The summed E-state index contributed by atoms with van der Waals surface area (Å²) in [6.07, 6.45) is 3.39. The Morgan fingerprint density at radius 2 is 2.07 bits per heavy atom. The minimum absolute atomic E-state index is 0.200. The van der Waals surface area contributed by atoms with E-state index in [1.54, 1.807) is 12.1 Å². The number of nitrogen functional groups attached to an aromatic ring is 1. The topological polar surface area (TPSA) is 97.0 Å². The molecule has 4 N–H and O–H groups in total. The van der Waals surface area contributed by atoms with E-state index in [2.05, 4.69) is 10.2 Å². The van der Waals surface area contributed by atoms with Crippen molar-refractivity contribution in [3.63, 3.8) is 0 Å². The first-order chi connectivity index (χ1) is 13.9. The van der Waals surface area contributed by atoms with E-state index in [4.69, 9.17) is 26.8 Å². The highest BCUT2D eigenvalue weighted by Gasteiger charge is 2.33. The van der Waals surface area contributed by atoms with Crippen LogP contribution >= 0.6 is 11.6 Å². The first kappa shape index (κ1) is 22.2. The number of amides is 1. The van der Waals surface area contributed by atoms with Gasteiger partial charge >= 0.3 is 0 Å². The number of hydrogen-bond donors (Lipinski definition) is 3. The molecule has 1 aromatic carbocycles. The molecular weight excluding hydrogens is 394 g/mol. The van der Waals surface area contributed by atoms with Gasteiger partial charge in [-0.25, -0.2) is 0 Å². The molecule has 0 bridgehead atoms. The van der Waals surface area contributed by atoms with Crippen LogP contribution in [-0.2, 0) is 4.74 Å². The second kappa shape index (κ2) is 9.98. The smallest absolute Gasteiger partial charge is 0.255 e. The molecule has 1 amide bonds. The Kier molecular flexibility index (Phi) is 7.62. The van der Waals surface area contributed by atoms with E-state index in [1.807, 2.05) is 6.92 Å². The predicted molar refractivity (Wildman–Crippen MR) is 114 cm³/mol.